The molecule has 3 N–H and O–H groups in total. The number of halogens is 1. The second-order valence-corrected chi connectivity index (χ2v) is 8.14. The minimum atomic E-state index is -0.493. The maximum atomic E-state index is 12.1. The van der Waals surface area contributed by atoms with E-state index in [2.05, 4.69) is 66.0 Å². The highest BCUT2D eigenvalue weighted by Gasteiger charge is 2.28. The monoisotopic (exact) mass is 423 g/mol. The molecule has 0 bridgehead atoms. The van der Waals surface area contributed by atoms with Crippen LogP contribution in [0.4, 0.5) is 5.69 Å². The zero-order valence-electron chi connectivity index (χ0n) is 16.1. The Labute approximate surface area is 165 Å². The van der Waals surface area contributed by atoms with Crippen LogP contribution in [0.25, 0.3) is 0 Å². The molecule has 7 heteroatoms. The molecule has 1 aliphatic rings. The maximum Gasteiger partial charge on any atom is 0.227 e. The Balaban J connectivity index is 1.85. The Morgan fingerprint density at radius 3 is 2.62 bits per heavy atom. The van der Waals surface area contributed by atoms with Gasteiger partial charge in [-0.05, 0) is 51.5 Å². The Morgan fingerprint density at radius 2 is 2.00 bits per heavy atom. The first kappa shape index (κ1) is 20.6. The van der Waals surface area contributed by atoms with Crippen LogP contribution in [0.2, 0.25) is 0 Å². The molecule has 1 saturated heterocycles. The maximum absolute atomic E-state index is 12.1. The SMILES string of the molecule is CCNC(=O)C(C)(C)CNC(=NC)NC1CCN(c2ccc(Br)cc2)C1. The number of guanidine groups is 1. The van der Waals surface area contributed by atoms with E-state index in [-0.39, 0.29) is 5.91 Å². The number of nitrogens with zero attached hydrogens (tertiary/aromatic N) is 2. The van der Waals surface area contributed by atoms with E-state index in [0.29, 0.717) is 19.1 Å². The molecule has 0 saturated carbocycles. The highest BCUT2D eigenvalue weighted by Crippen LogP contribution is 2.22. The fourth-order valence-electron chi connectivity index (χ4n) is 2.94. The van der Waals surface area contributed by atoms with Crippen molar-refractivity contribution in [2.45, 2.75) is 33.2 Å². The molecule has 1 unspecified atom stereocenters. The van der Waals surface area contributed by atoms with E-state index >= 15 is 0 Å². The highest BCUT2D eigenvalue weighted by molar-refractivity contribution is 9.10. The van der Waals surface area contributed by atoms with Gasteiger partial charge in [0.1, 0.15) is 0 Å². The summed E-state index contributed by atoms with van der Waals surface area (Å²) in [6, 6.07) is 8.74. The summed E-state index contributed by atoms with van der Waals surface area (Å²) >= 11 is 3.48. The summed E-state index contributed by atoms with van der Waals surface area (Å²) in [7, 11) is 1.76. The topological polar surface area (TPSA) is 68.8 Å². The molecule has 26 heavy (non-hydrogen) atoms. The number of carbonyl (C=O) groups is 1. The van der Waals surface area contributed by atoms with Gasteiger partial charge in [-0.2, -0.15) is 0 Å². The molecule has 0 aromatic heterocycles. The van der Waals surface area contributed by atoms with Crippen LogP contribution in [0.5, 0.6) is 0 Å². The lowest BCUT2D eigenvalue weighted by Crippen LogP contribution is -2.50. The number of hydrogen-bond acceptors (Lipinski definition) is 3. The summed E-state index contributed by atoms with van der Waals surface area (Å²) in [4.78, 5) is 18.8. The molecule has 1 heterocycles. The Morgan fingerprint density at radius 1 is 1.31 bits per heavy atom. The first-order valence-corrected chi connectivity index (χ1v) is 9.91. The highest BCUT2D eigenvalue weighted by atomic mass is 79.9. The largest absolute Gasteiger partial charge is 0.369 e. The zero-order chi connectivity index (χ0) is 19.2. The van der Waals surface area contributed by atoms with Crippen molar-refractivity contribution in [3.05, 3.63) is 28.7 Å². The van der Waals surface area contributed by atoms with Gasteiger partial charge in [0, 0.05) is 49.4 Å². The predicted molar refractivity (Wildman–Crippen MR) is 112 cm³/mol. The number of rotatable bonds is 6. The molecule has 1 aromatic rings. The first-order chi connectivity index (χ1) is 12.4. The number of benzene rings is 1. The van der Waals surface area contributed by atoms with E-state index in [9.17, 15) is 4.79 Å². The molecule has 6 nitrogen and oxygen atoms in total. The lowest BCUT2D eigenvalue weighted by Gasteiger charge is -2.26. The van der Waals surface area contributed by atoms with Crippen molar-refractivity contribution in [3.63, 3.8) is 0 Å². The molecule has 2 rings (SSSR count). The average Bonchev–Trinajstić information content (AvgIpc) is 3.08. The van der Waals surface area contributed by atoms with E-state index < -0.39 is 5.41 Å². The van der Waals surface area contributed by atoms with E-state index in [0.717, 1.165) is 29.9 Å². The lowest BCUT2D eigenvalue weighted by atomic mass is 9.92. The summed E-state index contributed by atoms with van der Waals surface area (Å²) in [5, 5.41) is 9.65. The molecule has 0 spiro atoms. The van der Waals surface area contributed by atoms with Gasteiger partial charge in [-0.25, -0.2) is 0 Å². The summed E-state index contributed by atoms with van der Waals surface area (Å²) in [6.45, 7) is 8.92. The van der Waals surface area contributed by atoms with Crippen LogP contribution < -0.4 is 20.9 Å². The smallest absolute Gasteiger partial charge is 0.227 e. The molecular formula is C19H30BrN5O. The second-order valence-electron chi connectivity index (χ2n) is 7.22. The number of carbonyl (C=O) groups excluding carboxylic acids is 1. The van der Waals surface area contributed by atoms with Gasteiger partial charge in [-0.1, -0.05) is 15.9 Å². The normalized spacial score (nSPS) is 18.0. The molecule has 0 radical (unpaired) electrons. The van der Waals surface area contributed by atoms with E-state index in [1.807, 2.05) is 20.8 Å². The zero-order valence-corrected chi connectivity index (χ0v) is 17.7. The van der Waals surface area contributed by atoms with Crippen LogP contribution in [-0.4, -0.2) is 51.1 Å². The minimum absolute atomic E-state index is 0.0465. The summed E-state index contributed by atoms with van der Waals surface area (Å²) in [5.74, 6) is 0.787. The van der Waals surface area contributed by atoms with Crippen molar-refractivity contribution >= 4 is 33.5 Å². The van der Waals surface area contributed by atoms with Crippen LogP contribution in [0.1, 0.15) is 27.2 Å². The fraction of sp³-hybridized carbons (Fsp3) is 0.579. The minimum Gasteiger partial charge on any atom is -0.369 e. The molecule has 1 aromatic carbocycles. The predicted octanol–water partition coefficient (Wildman–Crippen LogP) is 2.36. The van der Waals surface area contributed by atoms with Crippen molar-refractivity contribution in [2.75, 3.05) is 38.1 Å². The molecule has 1 fully saturated rings. The van der Waals surface area contributed by atoms with Gasteiger partial charge in [-0.3, -0.25) is 9.79 Å². The van der Waals surface area contributed by atoms with Gasteiger partial charge >= 0.3 is 0 Å². The fourth-order valence-corrected chi connectivity index (χ4v) is 3.20. The van der Waals surface area contributed by atoms with Crippen molar-refractivity contribution in [1.29, 1.82) is 0 Å². The Hall–Kier alpha value is -1.76. The first-order valence-electron chi connectivity index (χ1n) is 9.11. The summed E-state index contributed by atoms with van der Waals surface area (Å²) < 4.78 is 1.09. The van der Waals surface area contributed by atoms with Gasteiger partial charge in [-0.15, -0.1) is 0 Å². The van der Waals surface area contributed by atoms with Crippen molar-refractivity contribution in [3.8, 4) is 0 Å². The van der Waals surface area contributed by atoms with Gasteiger partial charge in [0.2, 0.25) is 5.91 Å². The third-order valence-electron chi connectivity index (χ3n) is 4.59. The Kier molecular flexibility index (Phi) is 7.32. The number of hydrogen-bond donors (Lipinski definition) is 3. The lowest BCUT2D eigenvalue weighted by molar-refractivity contribution is -0.128. The number of aliphatic imine (C=N–C) groups is 1. The van der Waals surface area contributed by atoms with Crippen molar-refractivity contribution in [2.24, 2.45) is 10.4 Å². The standard InChI is InChI=1S/C19H30BrN5O/c1-5-22-17(26)19(2,3)13-23-18(21-4)24-15-10-11-25(12-15)16-8-6-14(20)7-9-16/h6-9,15H,5,10-13H2,1-4H3,(H,22,26)(H2,21,23,24). The van der Waals surface area contributed by atoms with Crippen LogP contribution >= 0.6 is 15.9 Å². The molecule has 144 valence electrons. The van der Waals surface area contributed by atoms with E-state index in [1.165, 1.54) is 5.69 Å². The van der Waals surface area contributed by atoms with Crippen LogP contribution in [0.3, 0.4) is 0 Å². The number of nitrogens with one attached hydrogen (secondary N) is 3. The molecule has 0 aliphatic carbocycles. The average molecular weight is 424 g/mol. The van der Waals surface area contributed by atoms with Gasteiger partial charge in [0.25, 0.3) is 0 Å². The third-order valence-corrected chi connectivity index (χ3v) is 5.12. The van der Waals surface area contributed by atoms with Crippen molar-refractivity contribution < 1.29 is 4.79 Å². The van der Waals surface area contributed by atoms with E-state index in [4.69, 9.17) is 0 Å². The third kappa shape index (κ3) is 5.62. The summed E-state index contributed by atoms with van der Waals surface area (Å²) in [6.07, 6.45) is 1.05. The van der Waals surface area contributed by atoms with E-state index in [1.54, 1.807) is 7.05 Å². The second kappa shape index (κ2) is 9.26. The van der Waals surface area contributed by atoms with Crippen molar-refractivity contribution in [1.82, 2.24) is 16.0 Å². The number of anilines is 1. The van der Waals surface area contributed by atoms with Crippen LogP contribution in [-0.2, 0) is 4.79 Å². The molecule has 1 aliphatic heterocycles. The molecular weight excluding hydrogens is 394 g/mol. The van der Waals surface area contributed by atoms with Gasteiger partial charge < -0.3 is 20.9 Å². The van der Waals surface area contributed by atoms with Gasteiger partial charge in [0.15, 0.2) is 5.96 Å². The summed E-state index contributed by atoms with van der Waals surface area (Å²) in [5.41, 5.74) is 0.741. The van der Waals surface area contributed by atoms with Crippen LogP contribution in [0.15, 0.2) is 33.7 Å². The Bertz CT molecular complexity index is 629. The van der Waals surface area contributed by atoms with Gasteiger partial charge in [0.05, 0.1) is 5.41 Å². The quantitative estimate of drug-likeness (QED) is 0.485. The number of amides is 1. The molecule has 1 amide bonds. The molecule has 1 atom stereocenters. The van der Waals surface area contributed by atoms with Crippen LogP contribution in [0, 0.1) is 5.41 Å².